The number of hydrogen-bond acceptors (Lipinski definition) is 4. The van der Waals surface area contributed by atoms with Gasteiger partial charge in [-0.25, -0.2) is 0 Å². The summed E-state index contributed by atoms with van der Waals surface area (Å²) in [6.45, 7) is 3.38. The Hall–Kier alpha value is -2.87. The fourth-order valence-corrected chi connectivity index (χ4v) is 4.15. The molecule has 0 fully saturated rings. The summed E-state index contributed by atoms with van der Waals surface area (Å²) >= 11 is 12.8. The number of nitrogens with one attached hydrogen (secondary N) is 3. The second-order valence-electron chi connectivity index (χ2n) is 7.00. The summed E-state index contributed by atoms with van der Waals surface area (Å²) in [5.74, 6) is -0.0936. The molecule has 0 aliphatic heterocycles. The molecule has 32 heavy (non-hydrogen) atoms. The number of thioether (sulfide) groups is 1. The number of carbonyl (C=O) groups is 2. The molecule has 0 saturated carbocycles. The molecule has 0 aliphatic rings. The van der Waals surface area contributed by atoms with Crippen molar-refractivity contribution in [2.45, 2.75) is 24.0 Å². The van der Waals surface area contributed by atoms with Gasteiger partial charge in [-0.3, -0.25) is 9.59 Å². The zero-order valence-electron chi connectivity index (χ0n) is 17.5. The summed E-state index contributed by atoms with van der Waals surface area (Å²) in [7, 11) is 0. The highest BCUT2D eigenvalue weighted by Crippen LogP contribution is 2.27. The normalized spacial score (nSPS) is 11.3. The second-order valence-corrected chi connectivity index (χ2v) is 9.26. The minimum Gasteiger partial charge on any atom is -0.332 e. The van der Waals surface area contributed by atoms with E-state index < -0.39 is 0 Å². The van der Waals surface area contributed by atoms with Gasteiger partial charge in [-0.1, -0.05) is 23.7 Å². The summed E-state index contributed by atoms with van der Waals surface area (Å²) in [5, 5.41) is 9.80. The topological polar surface area (TPSA) is 70.2 Å². The predicted octanol–water partition coefficient (Wildman–Crippen LogP) is 6.47. The van der Waals surface area contributed by atoms with Crippen LogP contribution in [0.2, 0.25) is 5.02 Å². The molecule has 5 nitrogen and oxygen atoms in total. The Morgan fingerprint density at radius 3 is 2.16 bits per heavy atom. The van der Waals surface area contributed by atoms with Crippen molar-refractivity contribution in [3.8, 4) is 0 Å². The molecule has 1 atom stereocenters. The molecule has 1 amide bonds. The first-order valence-electron chi connectivity index (χ1n) is 9.82. The highest BCUT2D eigenvalue weighted by molar-refractivity contribution is 8.00. The molecule has 8 heteroatoms. The predicted molar refractivity (Wildman–Crippen MR) is 138 cm³/mol. The third kappa shape index (κ3) is 7.09. The first-order chi connectivity index (χ1) is 15.3. The van der Waals surface area contributed by atoms with E-state index in [0.29, 0.717) is 21.4 Å². The van der Waals surface area contributed by atoms with Crippen LogP contribution < -0.4 is 16.0 Å². The molecule has 164 valence electrons. The van der Waals surface area contributed by atoms with E-state index in [-0.39, 0.29) is 16.9 Å². The van der Waals surface area contributed by atoms with Crippen molar-refractivity contribution in [1.29, 1.82) is 0 Å². The van der Waals surface area contributed by atoms with Gasteiger partial charge in [0, 0.05) is 32.5 Å². The van der Waals surface area contributed by atoms with Crippen molar-refractivity contribution in [1.82, 2.24) is 0 Å². The molecule has 0 saturated heterocycles. The van der Waals surface area contributed by atoms with Gasteiger partial charge in [-0.2, -0.15) is 0 Å². The fourth-order valence-electron chi connectivity index (χ4n) is 2.80. The van der Waals surface area contributed by atoms with Crippen molar-refractivity contribution in [2.24, 2.45) is 0 Å². The van der Waals surface area contributed by atoms with E-state index in [1.807, 2.05) is 31.2 Å². The molecule has 3 N–H and O–H groups in total. The van der Waals surface area contributed by atoms with Crippen LogP contribution in [0.4, 0.5) is 17.1 Å². The highest BCUT2D eigenvalue weighted by Gasteiger charge is 2.15. The monoisotopic (exact) mass is 483 g/mol. The maximum atomic E-state index is 12.5. The van der Waals surface area contributed by atoms with Gasteiger partial charge < -0.3 is 16.0 Å². The van der Waals surface area contributed by atoms with Gasteiger partial charge in [-0.15, -0.1) is 11.8 Å². The van der Waals surface area contributed by atoms with E-state index in [4.69, 9.17) is 23.8 Å². The Balaban J connectivity index is 1.56. The van der Waals surface area contributed by atoms with E-state index in [2.05, 4.69) is 16.0 Å². The third-order valence-electron chi connectivity index (χ3n) is 4.42. The Kier molecular flexibility index (Phi) is 8.27. The van der Waals surface area contributed by atoms with Gasteiger partial charge in [0.2, 0.25) is 5.91 Å². The van der Waals surface area contributed by atoms with Crippen molar-refractivity contribution in [3.05, 3.63) is 83.4 Å². The molecule has 0 bridgehead atoms. The lowest BCUT2D eigenvalue weighted by molar-refractivity contribution is -0.115. The lowest BCUT2D eigenvalue weighted by Gasteiger charge is -2.14. The number of anilines is 3. The van der Waals surface area contributed by atoms with E-state index in [1.165, 1.54) is 18.7 Å². The number of thiocarbonyl (C=S) groups is 1. The van der Waals surface area contributed by atoms with Gasteiger partial charge in [0.05, 0.1) is 5.25 Å². The first-order valence-corrected chi connectivity index (χ1v) is 11.5. The largest absolute Gasteiger partial charge is 0.332 e. The summed E-state index contributed by atoms with van der Waals surface area (Å²) in [6, 6.07) is 21.8. The van der Waals surface area contributed by atoms with E-state index in [9.17, 15) is 9.59 Å². The van der Waals surface area contributed by atoms with Gasteiger partial charge >= 0.3 is 0 Å². The van der Waals surface area contributed by atoms with Crippen molar-refractivity contribution in [3.63, 3.8) is 0 Å². The Bertz CT molecular complexity index is 1140. The first kappa shape index (κ1) is 23.8. The summed E-state index contributed by atoms with van der Waals surface area (Å²) in [5.41, 5.74) is 2.89. The quantitative estimate of drug-likeness (QED) is 0.203. The molecular formula is C24H22ClN3O2S2. The van der Waals surface area contributed by atoms with Gasteiger partial charge in [0.15, 0.2) is 10.9 Å². The highest BCUT2D eigenvalue weighted by atomic mass is 35.5. The van der Waals surface area contributed by atoms with Crippen LogP contribution in [0.25, 0.3) is 0 Å². The van der Waals surface area contributed by atoms with Crippen molar-refractivity contribution < 1.29 is 9.59 Å². The number of carbonyl (C=O) groups excluding carboxylic acids is 2. The van der Waals surface area contributed by atoms with Crippen LogP contribution in [0, 0.1) is 0 Å². The minimum absolute atomic E-state index is 0.0158. The standard InChI is InChI=1S/C24H22ClN3O2S2/c1-15(29)17-9-11-19(12-10-17)27-24(31)28-21-7-4-8-22(14-21)32-16(2)23(30)26-20-6-3-5-18(25)13-20/h3-14,16H,1-2H3,(H,26,30)(H2,27,28,31). The smallest absolute Gasteiger partial charge is 0.237 e. The number of benzene rings is 3. The zero-order chi connectivity index (χ0) is 23.1. The van der Waals surface area contributed by atoms with Crippen LogP contribution in [0.3, 0.4) is 0 Å². The summed E-state index contributed by atoms with van der Waals surface area (Å²) < 4.78 is 0. The molecule has 3 aromatic rings. The Labute approximate surface area is 201 Å². The van der Waals surface area contributed by atoms with E-state index in [0.717, 1.165) is 16.3 Å². The Morgan fingerprint density at radius 2 is 1.50 bits per heavy atom. The molecule has 3 aromatic carbocycles. The lowest BCUT2D eigenvalue weighted by atomic mass is 10.1. The number of ketones is 1. The Morgan fingerprint density at radius 1 is 0.875 bits per heavy atom. The van der Waals surface area contributed by atoms with Crippen LogP contribution in [0.15, 0.2) is 77.7 Å². The maximum absolute atomic E-state index is 12.5. The zero-order valence-corrected chi connectivity index (χ0v) is 19.9. The maximum Gasteiger partial charge on any atom is 0.237 e. The molecule has 0 radical (unpaired) electrons. The molecule has 0 spiro atoms. The van der Waals surface area contributed by atoms with Crippen molar-refractivity contribution >= 4 is 69.4 Å². The number of Topliss-reactive ketones (excluding diaryl/α,β-unsaturated/α-hetero) is 1. The van der Waals surface area contributed by atoms with Gasteiger partial charge in [0.1, 0.15) is 0 Å². The fraction of sp³-hybridized carbons (Fsp3) is 0.125. The van der Waals surface area contributed by atoms with E-state index >= 15 is 0 Å². The van der Waals surface area contributed by atoms with Crippen LogP contribution in [0.1, 0.15) is 24.2 Å². The molecule has 0 aromatic heterocycles. The molecule has 1 unspecified atom stereocenters. The van der Waals surface area contributed by atoms with Gasteiger partial charge in [-0.05, 0) is 86.7 Å². The number of amides is 1. The minimum atomic E-state index is -0.311. The summed E-state index contributed by atoms with van der Waals surface area (Å²) in [6.07, 6.45) is 0. The number of hydrogen-bond donors (Lipinski definition) is 3. The molecular weight excluding hydrogens is 462 g/mol. The number of halogens is 1. The van der Waals surface area contributed by atoms with Gasteiger partial charge in [0.25, 0.3) is 0 Å². The molecule has 0 heterocycles. The van der Waals surface area contributed by atoms with Crippen molar-refractivity contribution in [2.75, 3.05) is 16.0 Å². The molecule has 0 aliphatic carbocycles. The second kappa shape index (κ2) is 11.1. The van der Waals surface area contributed by atoms with Crippen LogP contribution in [0.5, 0.6) is 0 Å². The van der Waals surface area contributed by atoms with Crippen LogP contribution in [-0.4, -0.2) is 22.1 Å². The third-order valence-corrected chi connectivity index (χ3v) is 5.95. The SMILES string of the molecule is CC(=O)c1ccc(NC(=S)Nc2cccc(SC(C)C(=O)Nc3cccc(Cl)c3)c2)cc1. The lowest BCUT2D eigenvalue weighted by Crippen LogP contribution is -2.22. The van der Waals surface area contributed by atoms with Crippen LogP contribution in [-0.2, 0) is 4.79 Å². The number of rotatable bonds is 7. The van der Waals surface area contributed by atoms with Crippen LogP contribution >= 0.6 is 35.6 Å². The average molecular weight is 484 g/mol. The molecule has 3 rings (SSSR count). The summed E-state index contributed by atoms with van der Waals surface area (Å²) in [4.78, 5) is 24.8. The van der Waals surface area contributed by atoms with E-state index in [1.54, 1.807) is 48.5 Å². The average Bonchev–Trinajstić information content (AvgIpc) is 2.74.